The molecule has 0 aliphatic carbocycles. The summed E-state index contributed by atoms with van der Waals surface area (Å²) in [6, 6.07) is 17.2. The van der Waals surface area contributed by atoms with Crippen molar-refractivity contribution in [3.63, 3.8) is 0 Å². The van der Waals surface area contributed by atoms with E-state index in [-0.39, 0.29) is 17.9 Å². The van der Waals surface area contributed by atoms with Crippen LogP contribution in [0, 0.1) is 11.3 Å². The number of likely N-dealkylation sites (tertiary alicyclic amines) is 1. The van der Waals surface area contributed by atoms with E-state index in [1.165, 1.54) is 0 Å². The van der Waals surface area contributed by atoms with Crippen LogP contribution >= 0.6 is 0 Å². The third-order valence-electron chi connectivity index (χ3n) is 6.82. The molecule has 2 N–H and O–H groups in total. The minimum Gasteiger partial charge on any atom is -0.495 e. The lowest BCUT2D eigenvalue weighted by Gasteiger charge is -2.32. The van der Waals surface area contributed by atoms with Crippen LogP contribution in [-0.4, -0.2) is 68.2 Å². The Hall–Kier alpha value is -4.42. The quantitative estimate of drug-likeness (QED) is 0.380. The molecule has 2 aromatic carbocycles. The van der Waals surface area contributed by atoms with E-state index in [4.69, 9.17) is 14.7 Å². The molecule has 0 bridgehead atoms. The molecule has 1 aliphatic rings. The van der Waals surface area contributed by atoms with E-state index >= 15 is 0 Å². The Morgan fingerprint density at radius 1 is 1.15 bits per heavy atom. The van der Waals surface area contributed by atoms with Gasteiger partial charge in [-0.3, -0.25) is 9.59 Å². The summed E-state index contributed by atoms with van der Waals surface area (Å²) in [5.41, 5.74) is 3.01. The number of hydrogen-bond donors (Lipinski definition) is 2. The zero-order chi connectivity index (χ0) is 27.8. The first kappa shape index (κ1) is 27.6. The molecule has 2 heterocycles. The maximum atomic E-state index is 13.0. The average molecular weight is 528 g/mol. The number of piperidine rings is 1. The molecule has 2 amide bonds. The Balaban J connectivity index is 1.49. The van der Waals surface area contributed by atoms with Crippen LogP contribution in [0.5, 0.6) is 5.75 Å². The fraction of sp³-hybridized carbons (Fsp3) is 0.333. The van der Waals surface area contributed by atoms with Gasteiger partial charge in [0.15, 0.2) is 0 Å². The SMILES string of the molecule is C=C(C#N)CNc1c(OC)ccc2ccc(-c3cccc(C(=O)NC4CCN(C(=O)CCOC)CC4)n3)cc12. The largest absolute Gasteiger partial charge is 0.495 e. The number of nitrogens with one attached hydrogen (secondary N) is 2. The Morgan fingerprint density at radius 2 is 1.92 bits per heavy atom. The van der Waals surface area contributed by atoms with E-state index in [1.54, 1.807) is 20.3 Å². The number of anilines is 1. The van der Waals surface area contributed by atoms with E-state index in [1.807, 2.05) is 47.4 Å². The van der Waals surface area contributed by atoms with Crippen molar-refractivity contribution in [2.24, 2.45) is 0 Å². The van der Waals surface area contributed by atoms with E-state index in [9.17, 15) is 9.59 Å². The number of amides is 2. The number of ether oxygens (including phenoxy) is 2. The van der Waals surface area contributed by atoms with E-state index in [0.29, 0.717) is 68.2 Å². The van der Waals surface area contributed by atoms with Crippen molar-refractivity contribution in [3.05, 3.63) is 66.4 Å². The van der Waals surface area contributed by atoms with Gasteiger partial charge in [-0.15, -0.1) is 0 Å². The molecule has 0 atom stereocenters. The van der Waals surface area contributed by atoms with Gasteiger partial charge in [-0.05, 0) is 42.5 Å². The molecule has 9 heteroatoms. The monoisotopic (exact) mass is 527 g/mol. The molecular weight excluding hydrogens is 494 g/mol. The topological polar surface area (TPSA) is 117 Å². The number of nitrogens with zero attached hydrogens (tertiary/aromatic N) is 3. The third-order valence-corrected chi connectivity index (χ3v) is 6.82. The van der Waals surface area contributed by atoms with Gasteiger partial charge < -0.3 is 25.0 Å². The fourth-order valence-electron chi connectivity index (χ4n) is 4.65. The number of benzene rings is 2. The predicted molar refractivity (Wildman–Crippen MR) is 151 cm³/mol. The van der Waals surface area contributed by atoms with Crippen LogP contribution < -0.4 is 15.4 Å². The fourth-order valence-corrected chi connectivity index (χ4v) is 4.65. The van der Waals surface area contributed by atoms with Crippen molar-refractivity contribution in [1.29, 1.82) is 5.26 Å². The van der Waals surface area contributed by atoms with Crippen molar-refractivity contribution < 1.29 is 19.1 Å². The third kappa shape index (κ3) is 6.72. The predicted octanol–water partition coefficient (Wildman–Crippen LogP) is 4.16. The van der Waals surface area contributed by atoms with Crippen molar-refractivity contribution in [2.45, 2.75) is 25.3 Å². The lowest BCUT2D eigenvalue weighted by molar-refractivity contribution is -0.133. The normalized spacial score (nSPS) is 13.5. The molecule has 202 valence electrons. The van der Waals surface area contributed by atoms with Crippen LogP contribution in [0.2, 0.25) is 0 Å². The van der Waals surface area contributed by atoms with Gasteiger partial charge in [0.2, 0.25) is 5.91 Å². The second-order valence-electron chi connectivity index (χ2n) is 9.43. The van der Waals surface area contributed by atoms with Gasteiger partial charge in [-0.2, -0.15) is 5.26 Å². The highest BCUT2D eigenvalue weighted by molar-refractivity contribution is 5.99. The van der Waals surface area contributed by atoms with Crippen LogP contribution in [0.15, 0.2) is 60.7 Å². The number of fused-ring (bicyclic) bond motifs is 1. The molecule has 0 unspecified atom stereocenters. The van der Waals surface area contributed by atoms with E-state index in [2.05, 4.69) is 28.3 Å². The van der Waals surface area contributed by atoms with Crippen LogP contribution in [0.25, 0.3) is 22.0 Å². The minimum atomic E-state index is -0.235. The minimum absolute atomic E-state index is 0.0145. The van der Waals surface area contributed by atoms with Crippen LogP contribution in [0.4, 0.5) is 5.69 Å². The van der Waals surface area contributed by atoms with Gasteiger partial charge >= 0.3 is 0 Å². The molecule has 1 aromatic heterocycles. The summed E-state index contributed by atoms with van der Waals surface area (Å²) in [5, 5.41) is 17.3. The summed E-state index contributed by atoms with van der Waals surface area (Å²) in [6.07, 6.45) is 1.77. The number of pyridine rings is 1. The number of nitriles is 1. The molecule has 0 radical (unpaired) electrons. The molecule has 3 aromatic rings. The van der Waals surface area contributed by atoms with Crippen LogP contribution in [0.1, 0.15) is 29.8 Å². The number of rotatable bonds is 10. The molecule has 39 heavy (non-hydrogen) atoms. The van der Waals surface area contributed by atoms with Gasteiger partial charge in [0.05, 0.1) is 37.6 Å². The van der Waals surface area contributed by atoms with Gasteiger partial charge in [-0.1, -0.05) is 30.8 Å². The summed E-state index contributed by atoms with van der Waals surface area (Å²) in [7, 11) is 3.18. The molecule has 1 saturated heterocycles. The molecule has 4 rings (SSSR count). The first-order valence-electron chi connectivity index (χ1n) is 12.9. The Morgan fingerprint density at radius 3 is 2.64 bits per heavy atom. The van der Waals surface area contributed by atoms with E-state index in [0.717, 1.165) is 22.0 Å². The summed E-state index contributed by atoms with van der Waals surface area (Å²) >= 11 is 0. The second kappa shape index (κ2) is 12.9. The maximum absolute atomic E-state index is 13.0. The van der Waals surface area contributed by atoms with Crippen LogP contribution in [-0.2, 0) is 9.53 Å². The maximum Gasteiger partial charge on any atom is 0.270 e. The molecule has 9 nitrogen and oxygen atoms in total. The lowest BCUT2D eigenvalue weighted by atomic mass is 10.0. The van der Waals surface area contributed by atoms with Crippen molar-refractivity contribution >= 4 is 28.3 Å². The number of hydrogen-bond acceptors (Lipinski definition) is 7. The van der Waals surface area contributed by atoms with Crippen LogP contribution in [0.3, 0.4) is 0 Å². The summed E-state index contributed by atoms with van der Waals surface area (Å²) < 4.78 is 10.5. The van der Waals surface area contributed by atoms with E-state index < -0.39 is 0 Å². The Kier molecular flexibility index (Phi) is 9.13. The second-order valence-corrected chi connectivity index (χ2v) is 9.43. The Labute approximate surface area is 228 Å². The first-order valence-corrected chi connectivity index (χ1v) is 12.9. The zero-order valence-corrected chi connectivity index (χ0v) is 22.3. The highest BCUT2D eigenvalue weighted by Gasteiger charge is 2.24. The number of carbonyl (C=O) groups is 2. The van der Waals surface area contributed by atoms with Crippen molar-refractivity contribution in [1.82, 2.24) is 15.2 Å². The molecule has 0 spiro atoms. The highest BCUT2D eigenvalue weighted by atomic mass is 16.5. The Bertz CT molecular complexity index is 1410. The van der Waals surface area contributed by atoms with Gasteiger partial charge in [-0.25, -0.2) is 4.98 Å². The van der Waals surface area contributed by atoms with Gasteiger partial charge in [0.25, 0.3) is 5.91 Å². The van der Waals surface area contributed by atoms with Crippen molar-refractivity contribution in [2.75, 3.05) is 45.8 Å². The molecular formula is C30H33N5O4. The standard InChI is InChI=1S/C30H33N5O4/c1-20(18-31)19-32-29-24-17-22(8-7-21(24)9-10-27(29)39-3)25-5-4-6-26(34-25)30(37)33-23-11-14-35(15-12-23)28(36)13-16-38-2/h4-10,17,23,32H,1,11-16,19H2,2-3H3,(H,33,37). The molecule has 1 fully saturated rings. The van der Waals surface area contributed by atoms with Crippen molar-refractivity contribution in [3.8, 4) is 23.1 Å². The van der Waals surface area contributed by atoms with Gasteiger partial charge in [0, 0.05) is 49.3 Å². The smallest absolute Gasteiger partial charge is 0.270 e. The zero-order valence-electron chi connectivity index (χ0n) is 22.3. The molecule has 0 saturated carbocycles. The summed E-state index contributed by atoms with van der Waals surface area (Å²) in [6.45, 7) is 5.68. The lowest BCUT2D eigenvalue weighted by Crippen LogP contribution is -2.46. The highest BCUT2D eigenvalue weighted by Crippen LogP contribution is 2.35. The number of aromatic nitrogens is 1. The van der Waals surface area contributed by atoms with Gasteiger partial charge in [0.1, 0.15) is 11.4 Å². The number of carbonyl (C=O) groups excluding carboxylic acids is 2. The number of methoxy groups -OCH3 is 2. The molecule has 1 aliphatic heterocycles. The summed E-state index contributed by atoms with van der Waals surface area (Å²) in [5.74, 6) is 0.496. The average Bonchev–Trinajstić information content (AvgIpc) is 2.98. The first-order chi connectivity index (χ1) is 18.9. The summed E-state index contributed by atoms with van der Waals surface area (Å²) in [4.78, 5) is 31.7.